The lowest BCUT2D eigenvalue weighted by molar-refractivity contribution is 0.444. The van der Waals surface area contributed by atoms with Gasteiger partial charge in [0.25, 0.3) is 0 Å². The fourth-order valence-corrected chi connectivity index (χ4v) is 2.89. The van der Waals surface area contributed by atoms with Gasteiger partial charge in [0.1, 0.15) is 0 Å². The summed E-state index contributed by atoms with van der Waals surface area (Å²) >= 11 is 0. The molecular weight excluding hydrogens is 208 g/mol. The Hall–Kier alpha value is -1.31. The van der Waals surface area contributed by atoms with Crippen molar-refractivity contribution in [1.82, 2.24) is 0 Å². The maximum atomic E-state index is 4.76. The maximum Gasteiger partial charge on any atom is 0.0897 e. The minimum Gasteiger partial charge on any atom is -0.332 e. The molecule has 0 N–H and O–H groups in total. The summed E-state index contributed by atoms with van der Waals surface area (Å²) in [7, 11) is 0. The second-order valence-corrected chi connectivity index (χ2v) is 5.13. The highest BCUT2D eigenvalue weighted by molar-refractivity contribution is 5.82. The summed E-state index contributed by atoms with van der Waals surface area (Å²) < 4.78 is 0. The molecule has 1 aromatic carbocycles. The van der Waals surface area contributed by atoms with Crippen LogP contribution in [-0.2, 0) is 6.42 Å². The first-order chi connectivity index (χ1) is 8.43. The second kappa shape index (κ2) is 4.91. The van der Waals surface area contributed by atoms with Crippen LogP contribution in [0.2, 0.25) is 0 Å². The van der Waals surface area contributed by atoms with Crippen LogP contribution in [0.25, 0.3) is 0 Å². The van der Waals surface area contributed by atoms with Crippen molar-refractivity contribution in [3.63, 3.8) is 0 Å². The molecule has 0 amide bonds. The number of hydrogen-bond acceptors (Lipinski definition) is 1. The van der Waals surface area contributed by atoms with Gasteiger partial charge in [-0.3, -0.25) is 4.99 Å². The average molecular weight is 228 g/mol. The molecule has 1 saturated carbocycles. The molecule has 1 aliphatic heterocycles. The molecule has 1 heterocycles. The highest BCUT2D eigenvalue weighted by Gasteiger charge is 2.17. The Kier molecular flexibility index (Phi) is 3.12. The van der Waals surface area contributed by atoms with Crippen LogP contribution in [0, 0.1) is 0 Å². The first-order valence-corrected chi connectivity index (χ1v) is 6.81. The van der Waals surface area contributed by atoms with E-state index in [1.807, 2.05) is 0 Å². The summed E-state index contributed by atoms with van der Waals surface area (Å²) in [6, 6.07) is 9.25. The monoisotopic (exact) mass is 228 g/mol. The van der Waals surface area contributed by atoms with Crippen molar-refractivity contribution >= 4 is 12.0 Å². The molecule has 17 heavy (non-hydrogen) atoms. The third-order valence-corrected chi connectivity index (χ3v) is 3.91. The van der Waals surface area contributed by atoms with Gasteiger partial charge in [-0.2, -0.15) is 0 Å². The number of nitrogens with zero attached hydrogens (tertiary/aromatic N) is 2. The predicted octanol–water partition coefficient (Wildman–Crippen LogP) is 3.41. The van der Waals surface area contributed by atoms with Crippen molar-refractivity contribution < 1.29 is 0 Å². The van der Waals surface area contributed by atoms with E-state index in [4.69, 9.17) is 4.99 Å². The highest BCUT2D eigenvalue weighted by atomic mass is 15.2. The lowest BCUT2D eigenvalue weighted by Gasteiger charge is -2.19. The summed E-state index contributed by atoms with van der Waals surface area (Å²) in [5, 5.41) is 0. The molecular formula is C15H20N2. The molecule has 0 spiro atoms. The van der Waals surface area contributed by atoms with Gasteiger partial charge in [0.15, 0.2) is 0 Å². The second-order valence-electron chi connectivity index (χ2n) is 5.13. The number of hydrogen-bond donors (Lipinski definition) is 0. The van der Waals surface area contributed by atoms with Crippen molar-refractivity contribution in [2.24, 2.45) is 4.99 Å². The zero-order valence-electron chi connectivity index (χ0n) is 10.3. The summed E-state index contributed by atoms with van der Waals surface area (Å²) in [6.45, 7) is 1.09. The SMILES string of the molecule is C(=NC1CCCCC1)N1CCc2ccccc21. The summed E-state index contributed by atoms with van der Waals surface area (Å²) in [4.78, 5) is 7.07. The molecule has 2 aliphatic rings. The number of anilines is 1. The fraction of sp³-hybridized carbons (Fsp3) is 0.533. The van der Waals surface area contributed by atoms with Crippen molar-refractivity contribution in [2.75, 3.05) is 11.4 Å². The number of aliphatic imine (C=N–C) groups is 1. The van der Waals surface area contributed by atoms with Gasteiger partial charge >= 0.3 is 0 Å². The normalized spacial score (nSPS) is 21.1. The lowest BCUT2D eigenvalue weighted by Crippen LogP contribution is -2.20. The van der Waals surface area contributed by atoms with Crippen molar-refractivity contribution in [3.05, 3.63) is 29.8 Å². The van der Waals surface area contributed by atoms with Crippen LogP contribution in [-0.4, -0.2) is 18.9 Å². The van der Waals surface area contributed by atoms with Gasteiger partial charge in [0, 0.05) is 12.2 Å². The lowest BCUT2D eigenvalue weighted by atomic mass is 9.96. The number of para-hydroxylation sites is 1. The smallest absolute Gasteiger partial charge is 0.0897 e. The molecule has 1 aromatic rings. The Morgan fingerprint density at radius 3 is 2.82 bits per heavy atom. The van der Waals surface area contributed by atoms with Crippen LogP contribution in [0.1, 0.15) is 37.7 Å². The van der Waals surface area contributed by atoms with Gasteiger partial charge in [-0.25, -0.2) is 0 Å². The third-order valence-electron chi connectivity index (χ3n) is 3.91. The van der Waals surface area contributed by atoms with Crippen LogP contribution in [0.5, 0.6) is 0 Å². The molecule has 0 radical (unpaired) electrons. The maximum absolute atomic E-state index is 4.76. The first-order valence-electron chi connectivity index (χ1n) is 6.81. The van der Waals surface area contributed by atoms with Gasteiger partial charge in [0.2, 0.25) is 0 Å². The van der Waals surface area contributed by atoms with Crippen molar-refractivity contribution in [3.8, 4) is 0 Å². The first kappa shape index (κ1) is 10.8. The molecule has 0 saturated heterocycles. The molecule has 90 valence electrons. The van der Waals surface area contributed by atoms with Crippen LogP contribution >= 0.6 is 0 Å². The van der Waals surface area contributed by atoms with E-state index in [9.17, 15) is 0 Å². The molecule has 2 heteroatoms. The van der Waals surface area contributed by atoms with Gasteiger partial charge in [-0.15, -0.1) is 0 Å². The van der Waals surface area contributed by atoms with E-state index in [0.717, 1.165) is 13.0 Å². The van der Waals surface area contributed by atoms with Crippen LogP contribution < -0.4 is 4.90 Å². The molecule has 0 atom stereocenters. The number of rotatable bonds is 2. The van der Waals surface area contributed by atoms with Gasteiger partial charge < -0.3 is 4.90 Å². The van der Waals surface area contributed by atoms with E-state index in [1.165, 1.54) is 43.4 Å². The zero-order valence-corrected chi connectivity index (χ0v) is 10.3. The Bertz CT molecular complexity index is 405. The Balaban J connectivity index is 1.68. The molecule has 1 fully saturated rings. The zero-order chi connectivity index (χ0) is 11.5. The number of fused-ring (bicyclic) bond motifs is 1. The van der Waals surface area contributed by atoms with Crippen LogP contribution in [0.15, 0.2) is 29.3 Å². The molecule has 0 aromatic heterocycles. The van der Waals surface area contributed by atoms with Gasteiger partial charge in [-0.05, 0) is 30.9 Å². The van der Waals surface area contributed by atoms with Crippen LogP contribution in [0.4, 0.5) is 5.69 Å². The predicted molar refractivity (Wildman–Crippen MR) is 72.9 cm³/mol. The Labute approximate surface area is 103 Å². The van der Waals surface area contributed by atoms with Gasteiger partial charge in [-0.1, -0.05) is 37.5 Å². The van der Waals surface area contributed by atoms with E-state index in [0.29, 0.717) is 6.04 Å². The standard InChI is InChI=1S/C15H20N2/c1-2-7-14(8-3-1)16-12-17-11-10-13-6-4-5-9-15(13)17/h4-6,9,12,14H,1-3,7-8,10-11H2. The van der Waals surface area contributed by atoms with E-state index < -0.39 is 0 Å². The topological polar surface area (TPSA) is 15.6 Å². The fourth-order valence-electron chi connectivity index (χ4n) is 2.89. The molecule has 0 unspecified atom stereocenters. The van der Waals surface area contributed by atoms with E-state index in [-0.39, 0.29) is 0 Å². The molecule has 3 rings (SSSR count). The van der Waals surface area contributed by atoms with Crippen molar-refractivity contribution in [2.45, 2.75) is 44.6 Å². The number of benzene rings is 1. The highest BCUT2D eigenvalue weighted by Crippen LogP contribution is 2.26. The summed E-state index contributed by atoms with van der Waals surface area (Å²) in [5.41, 5.74) is 2.81. The molecule has 1 aliphatic carbocycles. The minimum atomic E-state index is 0.580. The quantitative estimate of drug-likeness (QED) is 0.559. The summed E-state index contributed by atoms with van der Waals surface area (Å²) in [5.74, 6) is 0. The molecule has 0 bridgehead atoms. The minimum absolute atomic E-state index is 0.580. The van der Waals surface area contributed by atoms with E-state index in [1.54, 1.807) is 0 Å². The van der Waals surface area contributed by atoms with Crippen LogP contribution in [0.3, 0.4) is 0 Å². The Morgan fingerprint density at radius 2 is 1.94 bits per heavy atom. The average Bonchev–Trinajstić information content (AvgIpc) is 2.81. The van der Waals surface area contributed by atoms with E-state index >= 15 is 0 Å². The summed E-state index contributed by atoms with van der Waals surface area (Å²) in [6.07, 6.45) is 9.93. The van der Waals surface area contributed by atoms with Crippen molar-refractivity contribution in [1.29, 1.82) is 0 Å². The van der Waals surface area contributed by atoms with E-state index in [2.05, 4.69) is 35.5 Å². The van der Waals surface area contributed by atoms with Gasteiger partial charge in [0.05, 0.1) is 12.4 Å². The largest absolute Gasteiger partial charge is 0.332 e. The third kappa shape index (κ3) is 2.36. The molecule has 2 nitrogen and oxygen atoms in total. The Morgan fingerprint density at radius 1 is 1.12 bits per heavy atom.